The van der Waals surface area contributed by atoms with E-state index in [1.807, 2.05) is 0 Å². The molecule has 0 spiro atoms. The van der Waals surface area contributed by atoms with Crippen LogP contribution in [0.5, 0.6) is 11.5 Å². The Kier molecular flexibility index (Phi) is 5.61. The van der Waals surface area contributed by atoms with Gasteiger partial charge in [0.05, 0.1) is 17.2 Å². The number of benzene rings is 2. The van der Waals surface area contributed by atoms with E-state index in [1.54, 1.807) is 12.1 Å². The normalized spacial score (nSPS) is 13.3. The highest BCUT2D eigenvalue weighted by Crippen LogP contribution is 2.33. The predicted molar refractivity (Wildman–Crippen MR) is 89.0 cm³/mol. The molecule has 0 saturated heterocycles. The van der Waals surface area contributed by atoms with Gasteiger partial charge in [0.25, 0.3) is 5.91 Å². The zero-order chi connectivity index (χ0) is 20.2. The number of nitriles is 1. The van der Waals surface area contributed by atoms with Crippen molar-refractivity contribution in [2.75, 3.05) is 11.9 Å². The highest BCUT2D eigenvalue weighted by Gasteiger charge is 2.35. The number of para-hydroxylation sites is 2. The van der Waals surface area contributed by atoms with Crippen molar-refractivity contribution in [2.24, 2.45) is 0 Å². The quantitative estimate of drug-likeness (QED) is 0.740. The minimum atomic E-state index is -4.78. The fourth-order valence-corrected chi connectivity index (χ4v) is 2.08. The number of ether oxygens (including phenoxy) is 1. The molecule has 0 aliphatic heterocycles. The Morgan fingerprint density at radius 1 is 1.26 bits per heavy atom. The number of hydrogen-bond donors (Lipinski definition) is 3. The van der Waals surface area contributed by atoms with Gasteiger partial charge in [-0.1, -0.05) is 12.1 Å². The summed E-state index contributed by atoms with van der Waals surface area (Å²) in [6.45, 7) is 0.551. The number of nitrogens with zero attached hydrogens (tertiary/aromatic N) is 1. The molecule has 3 N–H and O–H groups in total. The summed E-state index contributed by atoms with van der Waals surface area (Å²) in [6.07, 6.45) is -4.78. The van der Waals surface area contributed by atoms with Gasteiger partial charge in [-0.05, 0) is 37.3 Å². The summed E-state index contributed by atoms with van der Waals surface area (Å²) >= 11 is 0. The molecule has 1 amide bonds. The smallest absolute Gasteiger partial charge is 0.417 e. The zero-order valence-corrected chi connectivity index (χ0v) is 14.0. The van der Waals surface area contributed by atoms with Gasteiger partial charge in [-0.2, -0.15) is 18.4 Å². The number of carbonyl (C=O) groups excluding carboxylic acids is 1. The summed E-state index contributed by atoms with van der Waals surface area (Å²) in [5.41, 5.74) is -4.13. The van der Waals surface area contributed by atoms with Crippen molar-refractivity contribution in [3.05, 3.63) is 53.6 Å². The van der Waals surface area contributed by atoms with Crippen LogP contribution in [0.15, 0.2) is 42.5 Å². The van der Waals surface area contributed by atoms with E-state index in [0.29, 0.717) is 6.07 Å². The van der Waals surface area contributed by atoms with Crippen molar-refractivity contribution in [3.63, 3.8) is 0 Å². The van der Waals surface area contributed by atoms with E-state index in [1.165, 1.54) is 18.2 Å². The molecule has 0 unspecified atom stereocenters. The van der Waals surface area contributed by atoms with Gasteiger partial charge in [0.15, 0.2) is 17.1 Å². The molecule has 0 aliphatic carbocycles. The van der Waals surface area contributed by atoms with Crippen molar-refractivity contribution < 1.29 is 32.9 Å². The molecule has 142 valence electrons. The van der Waals surface area contributed by atoms with Crippen LogP contribution in [0.1, 0.15) is 18.1 Å². The first-order valence-corrected chi connectivity index (χ1v) is 7.60. The number of aromatic hydroxyl groups is 1. The molecule has 0 bridgehead atoms. The maximum Gasteiger partial charge on any atom is 0.417 e. The van der Waals surface area contributed by atoms with Crippen molar-refractivity contribution in [1.82, 2.24) is 0 Å². The van der Waals surface area contributed by atoms with Gasteiger partial charge in [-0.15, -0.1) is 0 Å². The molecular weight excluding hydrogens is 365 g/mol. The first-order chi connectivity index (χ1) is 12.5. The Labute approximate surface area is 152 Å². The Morgan fingerprint density at radius 2 is 1.93 bits per heavy atom. The molecular formula is C18H15F3N2O4. The summed E-state index contributed by atoms with van der Waals surface area (Å²) in [5.74, 6) is -1.19. The molecule has 2 rings (SSSR count). The van der Waals surface area contributed by atoms with Crippen LogP contribution in [-0.2, 0) is 11.0 Å². The number of phenolic OH excluding ortho intramolecular Hbond substituents is 1. The number of halogens is 3. The highest BCUT2D eigenvalue weighted by molar-refractivity contribution is 5.97. The molecule has 0 saturated carbocycles. The molecule has 0 fully saturated rings. The number of phenols is 1. The lowest BCUT2D eigenvalue weighted by Gasteiger charge is -2.23. The third-order valence-electron chi connectivity index (χ3n) is 3.57. The number of aliphatic hydroxyl groups is 1. The molecule has 2 aromatic carbocycles. The lowest BCUT2D eigenvalue weighted by Crippen LogP contribution is -2.45. The van der Waals surface area contributed by atoms with Crippen LogP contribution in [0.2, 0.25) is 0 Å². The van der Waals surface area contributed by atoms with E-state index in [0.717, 1.165) is 19.1 Å². The largest absolute Gasteiger partial charge is 0.504 e. The number of anilines is 1. The van der Waals surface area contributed by atoms with E-state index in [9.17, 15) is 28.2 Å². The van der Waals surface area contributed by atoms with Gasteiger partial charge in [-0.3, -0.25) is 4.79 Å². The number of amides is 1. The topological polar surface area (TPSA) is 103 Å². The summed E-state index contributed by atoms with van der Waals surface area (Å²) in [5, 5.41) is 30.8. The number of hydrogen-bond acceptors (Lipinski definition) is 5. The second kappa shape index (κ2) is 7.55. The van der Waals surface area contributed by atoms with E-state index >= 15 is 0 Å². The first-order valence-electron chi connectivity index (χ1n) is 7.60. The Morgan fingerprint density at radius 3 is 2.52 bits per heavy atom. The van der Waals surface area contributed by atoms with Crippen molar-refractivity contribution >= 4 is 11.6 Å². The van der Waals surface area contributed by atoms with Crippen LogP contribution in [-0.4, -0.2) is 28.3 Å². The molecule has 0 radical (unpaired) electrons. The van der Waals surface area contributed by atoms with Gasteiger partial charge in [0, 0.05) is 5.69 Å². The molecule has 0 heterocycles. The molecule has 27 heavy (non-hydrogen) atoms. The average Bonchev–Trinajstić information content (AvgIpc) is 2.60. The van der Waals surface area contributed by atoms with Gasteiger partial charge < -0.3 is 20.3 Å². The third-order valence-corrected chi connectivity index (χ3v) is 3.57. The lowest BCUT2D eigenvalue weighted by atomic mass is 10.1. The average molecular weight is 380 g/mol. The van der Waals surface area contributed by atoms with Gasteiger partial charge in [0.2, 0.25) is 0 Å². The SMILES string of the molecule is C[C@](O)(COc1ccccc1O)C(=O)Nc1ccc(C#N)c(C(F)(F)F)c1. The van der Waals surface area contributed by atoms with Gasteiger partial charge in [-0.25, -0.2) is 0 Å². The molecule has 1 atom stereocenters. The standard InChI is InChI=1S/C18H15F3N2O4/c1-17(26,10-27-15-5-3-2-4-14(15)24)16(25)23-12-7-6-11(9-22)13(8-12)18(19,20)21/h2-8,24,26H,10H2,1H3,(H,23,25)/t17-/m0/s1. The Bertz CT molecular complexity index is 889. The summed E-state index contributed by atoms with van der Waals surface area (Å²) < 4.78 is 44.1. The molecule has 0 aliphatic rings. The van der Waals surface area contributed by atoms with E-state index in [4.69, 9.17) is 10.00 Å². The van der Waals surface area contributed by atoms with E-state index in [-0.39, 0.29) is 17.2 Å². The lowest BCUT2D eigenvalue weighted by molar-refractivity contribution is -0.138. The monoisotopic (exact) mass is 380 g/mol. The zero-order valence-electron chi connectivity index (χ0n) is 14.0. The maximum absolute atomic E-state index is 13.0. The summed E-state index contributed by atoms with van der Waals surface area (Å²) in [7, 11) is 0. The second-order valence-corrected chi connectivity index (χ2v) is 5.85. The number of alkyl halides is 3. The minimum Gasteiger partial charge on any atom is -0.504 e. The van der Waals surface area contributed by atoms with Gasteiger partial charge >= 0.3 is 6.18 Å². The van der Waals surface area contributed by atoms with Crippen molar-refractivity contribution in [1.29, 1.82) is 5.26 Å². The van der Waals surface area contributed by atoms with Crippen molar-refractivity contribution in [2.45, 2.75) is 18.7 Å². The number of nitrogens with one attached hydrogen (secondary N) is 1. The Balaban J connectivity index is 2.13. The van der Waals surface area contributed by atoms with Crippen LogP contribution in [0.4, 0.5) is 18.9 Å². The van der Waals surface area contributed by atoms with Gasteiger partial charge in [0.1, 0.15) is 6.61 Å². The number of carbonyl (C=O) groups is 1. The van der Waals surface area contributed by atoms with Crippen LogP contribution >= 0.6 is 0 Å². The second-order valence-electron chi connectivity index (χ2n) is 5.85. The Hall–Kier alpha value is -3.25. The van der Waals surface area contributed by atoms with Crippen LogP contribution < -0.4 is 10.1 Å². The van der Waals surface area contributed by atoms with Crippen molar-refractivity contribution in [3.8, 4) is 17.6 Å². The molecule has 6 nitrogen and oxygen atoms in total. The predicted octanol–water partition coefficient (Wildman–Crippen LogP) is 3.05. The maximum atomic E-state index is 13.0. The first kappa shape index (κ1) is 20.1. The fourth-order valence-electron chi connectivity index (χ4n) is 2.08. The van der Waals surface area contributed by atoms with Crippen LogP contribution in [0, 0.1) is 11.3 Å². The van der Waals surface area contributed by atoms with E-state index < -0.39 is 35.4 Å². The number of rotatable bonds is 5. The molecule has 2 aromatic rings. The summed E-state index contributed by atoms with van der Waals surface area (Å²) in [4.78, 5) is 12.2. The molecule has 9 heteroatoms. The fraction of sp³-hybridized carbons (Fsp3) is 0.222. The van der Waals surface area contributed by atoms with Crippen LogP contribution in [0.3, 0.4) is 0 Å². The minimum absolute atomic E-state index is 0.0308. The summed E-state index contributed by atoms with van der Waals surface area (Å²) in [6, 6.07) is 9.96. The molecule has 0 aromatic heterocycles. The van der Waals surface area contributed by atoms with Crippen LogP contribution in [0.25, 0.3) is 0 Å². The highest BCUT2D eigenvalue weighted by atomic mass is 19.4. The van der Waals surface area contributed by atoms with E-state index in [2.05, 4.69) is 5.32 Å². The third kappa shape index (κ3) is 4.89.